The molecule has 1 N–H and O–H groups in total. The van der Waals surface area contributed by atoms with Crippen LogP contribution >= 0.6 is 11.8 Å². The van der Waals surface area contributed by atoms with Crippen molar-refractivity contribution in [3.8, 4) is 0 Å². The number of nitrogens with one attached hydrogen (secondary N) is 1. The van der Waals surface area contributed by atoms with E-state index >= 15 is 0 Å². The maximum absolute atomic E-state index is 12.0. The van der Waals surface area contributed by atoms with Gasteiger partial charge in [-0.15, -0.1) is 11.8 Å². The molecule has 5 heteroatoms. The zero-order valence-corrected chi connectivity index (χ0v) is 10.4. The molecule has 2 rings (SSSR count). The van der Waals surface area contributed by atoms with E-state index in [0.29, 0.717) is 12.2 Å². The highest BCUT2D eigenvalue weighted by Crippen LogP contribution is 2.20. The Hall–Kier alpha value is -1.49. The molecule has 1 aliphatic heterocycles. The predicted octanol–water partition coefficient (Wildman–Crippen LogP) is 1.23. The third-order valence-electron chi connectivity index (χ3n) is 2.62. The molecule has 1 heterocycles. The largest absolute Gasteiger partial charge is 0.343 e. The SMILES string of the molecule is CN(C(=O)CC1NC(=O)CS1)c1ccccc1. The molecule has 1 aromatic rings. The van der Waals surface area contributed by atoms with E-state index in [4.69, 9.17) is 0 Å². The Bertz CT molecular complexity index is 422. The minimum atomic E-state index is -0.0823. The van der Waals surface area contributed by atoms with Gasteiger partial charge in [0, 0.05) is 12.7 Å². The number of nitrogens with zero attached hydrogens (tertiary/aromatic N) is 1. The van der Waals surface area contributed by atoms with Gasteiger partial charge in [-0.25, -0.2) is 0 Å². The number of hydrogen-bond donors (Lipinski definition) is 1. The molecule has 1 aromatic carbocycles. The molecule has 0 saturated carbocycles. The quantitative estimate of drug-likeness (QED) is 0.877. The number of benzene rings is 1. The lowest BCUT2D eigenvalue weighted by atomic mass is 10.2. The van der Waals surface area contributed by atoms with E-state index in [1.165, 1.54) is 11.8 Å². The topological polar surface area (TPSA) is 49.4 Å². The average molecular weight is 250 g/mol. The highest BCUT2D eigenvalue weighted by atomic mass is 32.2. The van der Waals surface area contributed by atoms with E-state index in [1.54, 1.807) is 11.9 Å². The van der Waals surface area contributed by atoms with Crippen LogP contribution in [0.1, 0.15) is 6.42 Å². The summed E-state index contributed by atoms with van der Waals surface area (Å²) in [7, 11) is 1.75. The number of anilines is 1. The van der Waals surface area contributed by atoms with Crippen LogP contribution < -0.4 is 10.2 Å². The normalized spacial score (nSPS) is 18.9. The van der Waals surface area contributed by atoms with E-state index < -0.39 is 0 Å². The van der Waals surface area contributed by atoms with Crippen molar-refractivity contribution in [3.63, 3.8) is 0 Å². The van der Waals surface area contributed by atoms with Crippen LogP contribution in [0.3, 0.4) is 0 Å². The maximum atomic E-state index is 12.0. The number of amides is 2. The molecule has 1 atom stereocenters. The second-order valence-corrected chi connectivity index (χ2v) is 5.05. The summed E-state index contributed by atoms with van der Waals surface area (Å²) in [6.07, 6.45) is 0.335. The molecule has 1 saturated heterocycles. The summed E-state index contributed by atoms with van der Waals surface area (Å²) in [6.45, 7) is 0. The zero-order chi connectivity index (χ0) is 12.3. The summed E-state index contributed by atoms with van der Waals surface area (Å²) >= 11 is 1.48. The van der Waals surface area contributed by atoms with Gasteiger partial charge in [-0.3, -0.25) is 9.59 Å². The summed E-state index contributed by atoms with van der Waals surface area (Å²) in [5.74, 6) is 0.471. The van der Waals surface area contributed by atoms with E-state index in [1.807, 2.05) is 30.3 Å². The van der Waals surface area contributed by atoms with Crippen LogP contribution in [0.2, 0.25) is 0 Å². The fourth-order valence-corrected chi connectivity index (χ4v) is 2.55. The van der Waals surface area contributed by atoms with Gasteiger partial charge >= 0.3 is 0 Å². The first-order valence-corrected chi connectivity index (χ1v) is 6.44. The second-order valence-electron chi connectivity index (χ2n) is 3.86. The standard InChI is InChI=1S/C12H14N2O2S/c1-14(9-5-3-2-4-6-9)12(16)7-11-13-10(15)8-17-11/h2-6,11H,7-8H2,1H3,(H,13,15). The van der Waals surface area contributed by atoms with Crippen molar-refractivity contribution in [2.75, 3.05) is 17.7 Å². The second kappa shape index (κ2) is 5.23. The number of rotatable bonds is 3. The Labute approximate surface area is 104 Å². The van der Waals surface area contributed by atoms with Crippen molar-refractivity contribution in [1.29, 1.82) is 0 Å². The Morgan fingerprint density at radius 2 is 2.18 bits per heavy atom. The van der Waals surface area contributed by atoms with Crippen LogP contribution in [0, 0.1) is 0 Å². The molecule has 1 unspecified atom stereocenters. The highest BCUT2D eigenvalue weighted by Gasteiger charge is 2.25. The zero-order valence-electron chi connectivity index (χ0n) is 9.55. The van der Waals surface area contributed by atoms with Crippen LogP contribution in [0.5, 0.6) is 0 Å². The van der Waals surface area contributed by atoms with E-state index in [9.17, 15) is 9.59 Å². The molecule has 0 bridgehead atoms. The van der Waals surface area contributed by atoms with Gasteiger partial charge in [-0.05, 0) is 12.1 Å². The molecule has 90 valence electrons. The van der Waals surface area contributed by atoms with Crippen LogP contribution in [-0.2, 0) is 9.59 Å². The molecule has 1 fully saturated rings. The van der Waals surface area contributed by atoms with Gasteiger partial charge in [-0.1, -0.05) is 18.2 Å². The van der Waals surface area contributed by atoms with Crippen molar-refractivity contribution < 1.29 is 9.59 Å². The predicted molar refractivity (Wildman–Crippen MR) is 68.9 cm³/mol. The molecule has 0 aromatic heterocycles. The van der Waals surface area contributed by atoms with Crippen molar-refractivity contribution in [2.45, 2.75) is 11.8 Å². The third-order valence-corrected chi connectivity index (χ3v) is 3.73. The van der Waals surface area contributed by atoms with Crippen molar-refractivity contribution in [3.05, 3.63) is 30.3 Å². The number of para-hydroxylation sites is 1. The van der Waals surface area contributed by atoms with Crippen molar-refractivity contribution >= 4 is 29.3 Å². The summed E-state index contributed by atoms with van der Waals surface area (Å²) < 4.78 is 0. The summed E-state index contributed by atoms with van der Waals surface area (Å²) in [4.78, 5) is 24.6. The molecule has 0 spiro atoms. The molecule has 0 radical (unpaired) electrons. The van der Waals surface area contributed by atoms with Crippen LogP contribution in [-0.4, -0.2) is 30.0 Å². The number of hydrogen-bond acceptors (Lipinski definition) is 3. The number of carbonyl (C=O) groups is 2. The first-order chi connectivity index (χ1) is 8.16. The lowest BCUT2D eigenvalue weighted by Crippen LogP contribution is -2.33. The number of thioether (sulfide) groups is 1. The minimum absolute atomic E-state index is 0.00941. The Balaban J connectivity index is 1.94. The van der Waals surface area contributed by atoms with Crippen LogP contribution in [0.25, 0.3) is 0 Å². The van der Waals surface area contributed by atoms with Gasteiger partial charge in [0.15, 0.2) is 0 Å². The minimum Gasteiger partial charge on any atom is -0.343 e. The Morgan fingerprint density at radius 3 is 2.76 bits per heavy atom. The molecular formula is C12H14N2O2S. The molecular weight excluding hydrogens is 236 g/mol. The van der Waals surface area contributed by atoms with Gasteiger partial charge in [0.05, 0.1) is 17.5 Å². The molecule has 0 aliphatic carbocycles. The Kier molecular flexibility index (Phi) is 3.68. The van der Waals surface area contributed by atoms with Crippen LogP contribution in [0.15, 0.2) is 30.3 Å². The van der Waals surface area contributed by atoms with Gasteiger partial charge in [-0.2, -0.15) is 0 Å². The average Bonchev–Trinajstić information content (AvgIpc) is 2.75. The summed E-state index contributed by atoms with van der Waals surface area (Å²) in [6, 6.07) is 9.47. The molecule has 17 heavy (non-hydrogen) atoms. The van der Waals surface area contributed by atoms with Crippen molar-refractivity contribution in [2.24, 2.45) is 0 Å². The van der Waals surface area contributed by atoms with Gasteiger partial charge < -0.3 is 10.2 Å². The lowest BCUT2D eigenvalue weighted by Gasteiger charge is -2.19. The smallest absolute Gasteiger partial charge is 0.230 e. The lowest BCUT2D eigenvalue weighted by molar-refractivity contribution is -0.119. The summed E-state index contributed by atoms with van der Waals surface area (Å²) in [5, 5.41) is 2.69. The van der Waals surface area contributed by atoms with E-state index in [0.717, 1.165) is 5.69 Å². The first kappa shape index (κ1) is 12.0. The Morgan fingerprint density at radius 1 is 1.47 bits per heavy atom. The molecule has 1 aliphatic rings. The molecule has 2 amide bonds. The van der Waals surface area contributed by atoms with Crippen molar-refractivity contribution in [1.82, 2.24) is 5.32 Å². The number of carbonyl (C=O) groups excluding carboxylic acids is 2. The third kappa shape index (κ3) is 3.00. The van der Waals surface area contributed by atoms with Gasteiger partial charge in [0.1, 0.15) is 0 Å². The highest BCUT2D eigenvalue weighted by molar-refractivity contribution is 8.01. The van der Waals surface area contributed by atoms with Gasteiger partial charge in [0.25, 0.3) is 0 Å². The van der Waals surface area contributed by atoms with Gasteiger partial charge in [0.2, 0.25) is 11.8 Å². The monoisotopic (exact) mass is 250 g/mol. The summed E-state index contributed by atoms with van der Waals surface area (Å²) in [5.41, 5.74) is 0.867. The first-order valence-electron chi connectivity index (χ1n) is 5.39. The maximum Gasteiger partial charge on any atom is 0.230 e. The van der Waals surface area contributed by atoms with E-state index in [-0.39, 0.29) is 17.2 Å². The fourth-order valence-electron chi connectivity index (χ4n) is 1.64. The van der Waals surface area contributed by atoms with Crippen LogP contribution in [0.4, 0.5) is 5.69 Å². The van der Waals surface area contributed by atoms with E-state index in [2.05, 4.69) is 5.32 Å². The fraction of sp³-hybridized carbons (Fsp3) is 0.333. The molecule has 4 nitrogen and oxygen atoms in total.